The van der Waals surface area contributed by atoms with E-state index in [0.717, 1.165) is 28.5 Å². The Balaban J connectivity index is 0.000000545. The third-order valence-corrected chi connectivity index (χ3v) is 3.18. The average Bonchev–Trinajstić information content (AvgIpc) is 3.05. The first-order valence-electron chi connectivity index (χ1n) is 7.68. The van der Waals surface area contributed by atoms with Gasteiger partial charge in [-0.3, -0.25) is 0 Å². The number of aryl methyl sites for hydroxylation is 3. The molecule has 22 heavy (non-hydrogen) atoms. The number of hydrogen-bond acceptors (Lipinski definition) is 2. The maximum atomic E-state index is 4.51. The first kappa shape index (κ1) is 16.0. The summed E-state index contributed by atoms with van der Waals surface area (Å²) in [6.45, 7) is 8.32. The minimum absolute atomic E-state index is 0.961. The van der Waals surface area contributed by atoms with Crippen molar-refractivity contribution in [3.63, 3.8) is 0 Å². The number of aromatic nitrogens is 4. The molecule has 0 aliphatic rings. The third-order valence-electron chi connectivity index (χ3n) is 3.18. The summed E-state index contributed by atoms with van der Waals surface area (Å²) in [6, 6.07) is 10.4. The van der Waals surface area contributed by atoms with Gasteiger partial charge in [0.05, 0.1) is 11.4 Å². The van der Waals surface area contributed by atoms with Crippen LogP contribution in [0.1, 0.15) is 31.7 Å². The van der Waals surface area contributed by atoms with Crippen LogP contribution in [-0.2, 0) is 7.05 Å². The van der Waals surface area contributed by atoms with E-state index in [1.54, 1.807) is 0 Å². The molecule has 3 aromatic rings. The van der Waals surface area contributed by atoms with Crippen molar-refractivity contribution in [3.05, 3.63) is 54.1 Å². The Hall–Kier alpha value is -2.36. The lowest BCUT2D eigenvalue weighted by atomic mass is 10.2. The minimum atomic E-state index is 0.961. The molecule has 0 saturated carbocycles. The lowest BCUT2D eigenvalue weighted by molar-refractivity contribution is 0.833. The number of rotatable bonds is 2. The van der Waals surface area contributed by atoms with Crippen molar-refractivity contribution >= 4 is 0 Å². The lowest BCUT2D eigenvalue weighted by Crippen LogP contribution is -2.00. The van der Waals surface area contributed by atoms with Crippen molar-refractivity contribution in [2.24, 2.45) is 7.05 Å². The molecule has 2 heterocycles. The van der Waals surface area contributed by atoms with Gasteiger partial charge in [0.2, 0.25) is 0 Å². The molecule has 0 amide bonds. The van der Waals surface area contributed by atoms with E-state index in [0.29, 0.717) is 0 Å². The normalized spacial score (nSPS) is 10.2. The predicted molar refractivity (Wildman–Crippen MR) is 91.2 cm³/mol. The second-order valence-corrected chi connectivity index (χ2v) is 5.46. The van der Waals surface area contributed by atoms with Crippen LogP contribution in [0.4, 0.5) is 0 Å². The van der Waals surface area contributed by atoms with E-state index in [-0.39, 0.29) is 0 Å². The highest BCUT2D eigenvalue weighted by molar-refractivity contribution is 5.59. The van der Waals surface area contributed by atoms with Crippen LogP contribution < -0.4 is 0 Å². The third kappa shape index (κ3) is 3.45. The van der Waals surface area contributed by atoms with Gasteiger partial charge < -0.3 is 4.57 Å². The van der Waals surface area contributed by atoms with Crippen molar-refractivity contribution in [1.29, 1.82) is 0 Å². The largest absolute Gasteiger partial charge is 0.334 e. The van der Waals surface area contributed by atoms with Crippen LogP contribution in [0, 0.1) is 13.8 Å². The molecule has 4 nitrogen and oxygen atoms in total. The van der Waals surface area contributed by atoms with Gasteiger partial charge >= 0.3 is 0 Å². The molecular weight excluding hydrogens is 272 g/mol. The van der Waals surface area contributed by atoms with E-state index in [1.807, 2.05) is 41.7 Å². The molecule has 3 rings (SSSR count). The smallest absolute Gasteiger partial charge is 0.139 e. The molecule has 0 aliphatic carbocycles. The van der Waals surface area contributed by atoms with Crippen molar-refractivity contribution in [3.8, 4) is 17.1 Å². The molecule has 0 aliphatic heterocycles. The summed E-state index contributed by atoms with van der Waals surface area (Å²) >= 11 is 0. The van der Waals surface area contributed by atoms with Gasteiger partial charge in [-0.1, -0.05) is 32.4 Å². The highest BCUT2D eigenvalue weighted by Gasteiger charge is 2.07. The molecule has 0 bridgehead atoms. The van der Waals surface area contributed by atoms with E-state index in [9.17, 15) is 0 Å². The van der Waals surface area contributed by atoms with Crippen LogP contribution in [0.25, 0.3) is 17.1 Å². The first-order chi connectivity index (χ1) is 10.6. The molecule has 0 fully saturated rings. The monoisotopic (exact) mass is 296 g/mol. The van der Waals surface area contributed by atoms with Gasteiger partial charge in [0.1, 0.15) is 5.82 Å². The summed E-state index contributed by atoms with van der Waals surface area (Å²) in [4.78, 5) is 4.38. The molecule has 0 saturated heterocycles. The van der Waals surface area contributed by atoms with Crippen LogP contribution in [0.2, 0.25) is 0 Å². The molecular formula is C18H24N4. The number of hydrogen-bond donors (Lipinski definition) is 0. The Bertz CT molecular complexity index is 737. The Morgan fingerprint density at radius 1 is 1.09 bits per heavy atom. The average molecular weight is 296 g/mol. The highest BCUT2D eigenvalue weighted by Crippen LogP contribution is 2.21. The van der Waals surface area contributed by atoms with Crippen LogP contribution >= 0.6 is 0 Å². The quantitative estimate of drug-likeness (QED) is 0.706. The molecule has 0 spiro atoms. The molecule has 0 unspecified atom stereocenters. The fourth-order valence-electron chi connectivity index (χ4n) is 2.31. The molecule has 1 aromatic carbocycles. The van der Waals surface area contributed by atoms with Crippen LogP contribution in [0.15, 0.2) is 42.7 Å². The van der Waals surface area contributed by atoms with Gasteiger partial charge in [0, 0.05) is 30.7 Å². The zero-order chi connectivity index (χ0) is 16.1. The first-order valence-corrected chi connectivity index (χ1v) is 7.68. The van der Waals surface area contributed by atoms with Gasteiger partial charge in [0.25, 0.3) is 0 Å². The van der Waals surface area contributed by atoms with E-state index in [4.69, 9.17) is 0 Å². The molecule has 116 valence electrons. The maximum absolute atomic E-state index is 4.51. The summed E-state index contributed by atoms with van der Waals surface area (Å²) in [5.41, 5.74) is 4.32. The van der Waals surface area contributed by atoms with E-state index >= 15 is 0 Å². The van der Waals surface area contributed by atoms with Crippen LogP contribution in [0.3, 0.4) is 0 Å². The van der Waals surface area contributed by atoms with Crippen molar-refractivity contribution in [1.82, 2.24) is 19.3 Å². The van der Waals surface area contributed by atoms with Gasteiger partial charge in [0.15, 0.2) is 0 Å². The fourth-order valence-corrected chi connectivity index (χ4v) is 2.31. The predicted octanol–water partition coefficient (Wildman–Crippen LogP) is 4.31. The van der Waals surface area contributed by atoms with Crippen molar-refractivity contribution in [2.75, 3.05) is 0 Å². The minimum Gasteiger partial charge on any atom is -0.334 e. The molecule has 4 heteroatoms. The summed E-state index contributed by atoms with van der Waals surface area (Å²) in [5, 5.41) is 4.51. The Labute approximate surface area is 132 Å². The lowest BCUT2D eigenvalue weighted by Gasteiger charge is -2.07. The SMILES string of the molecule is CCC.Cc1cc(C)n(-c2cccc(-c3nccn3C)c2)n1. The van der Waals surface area contributed by atoms with Gasteiger partial charge in [-0.25, -0.2) is 9.67 Å². The van der Waals surface area contributed by atoms with Crippen molar-refractivity contribution < 1.29 is 0 Å². The number of nitrogens with zero attached hydrogens (tertiary/aromatic N) is 4. The van der Waals surface area contributed by atoms with Gasteiger partial charge in [-0.2, -0.15) is 5.10 Å². The summed E-state index contributed by atoms with van der Waals surface area (Å²) in [7, 11) is 2.00. The van der Waals surface area contributed by atoms with Crippen LogP contribution in [0.5, 0.6) is 0 Å². The Morgan fingerprint density at radius 2 is 1.82 bits per heavy atom. The van der Waals surface area contributed by atoms with Crippen molar-refractivity contribution in [2.45, 2.75) is 34.1 Å². The second-order valence-electron chi connectivity index (χ2n) is 5.46. The Kier molecular flexibility index (Phi) is 5.15. The van der Waals surface area contributed by atoms with Crippen LogP contribution in [-0.4, -0.2) is 19.3 Å². The zero-order valence-corrected chi connectivity index (χ0v) is 14.0. The number of benzene rings is 1. The molecule has 0 atom stereocenters. The topological polar surface area (TPSA) is 35.6 Å². The number of imidazole rings is 1. The molecule has 0 N–H and O–H groups in total. The second kappa shape index (κ2) is 7.07. The maximum Gasteiger partial charge on any atom is 0.139 e. The zero-order valence-electron chi connectivity index (χ0n) is 14.0. The van der Waals surface area contributed by atoms with Gasteiger partial charge in [-0.15, -0.1) is 0 Å². The molecule has 0 radical (unpaired) electrons. The standard InChI is InChI=1S/C15H16N4.C3H8/c1-11-9-12(2)19(17-11)14-6-4-5-13(10-14)15-16-7-8-18(15)3;1-3-2/h4-10H,1-3H3;3H2,1-2H3. The summed E-state index contributed by atoms with van der Waals surface area (Å²) < 4.78 is 3.97. The van der Waals surface area contributed by atoms with Gasteiger partial charge in [-0.05, 0) is 32.0 Å². The fraction of sp³-hybridized carbons (Fsp3) is 0.333. The summed E-state index contributed by atoms with van der Waals surface area (Å²) in [6.07, 6.45) is 5.01. The van der Waals surface area contributed by atoms with E-state index in [2.05, 4.69) is 55.1 Å². The molecule has 2 aromatic heterocycles. The highest BCUT2D eigenvalue weighted by atomic mass is 15.3. The Morgan fingerprint density at radius 3 is 2.36 bits per heavy atom. The van der Waals surface area contributed by atoms with E-state index in [1.165, 1.54) is 6.42 Å². The van der Waals surface area contributed by atoms with E-state index < -0.39 is 0 Å². The summed E-state index contributed by atoms with van der Waals surface area (Å²) in [5.74, 6) is 0.961.